The number of alkyl halides is 9. The van der Waals surface area contributed by atoms with Crippen LogP contribution in [0, 0.1) is 6.92 Å². The number of amides is 1. The first-order chi connectivity index (χ1) is 11.1. The van der Waals surface area contributed by atoms with Gasteiger partial charge in [0.2, 0.25) is 0 Å². The number of ether oxygens (including phenoxy) is 1. The largest absolute Gasteiger partial charge is 0.428 e. The number of carbonyl (C=O) groups excluding carboxylic acids is 1. The van der Waals surface area contributed by atoms with Crippen LogP contribution in [0.4, 0.5) is 45.3 Å². The summed E-state index contributed by atoms with van der Waals surface area (Å²) in [6, 6.07) is 2.27. The molecule has 1 amide bonds. The molecule has 0 saturated carbocycles. The normalized spacial score (nSPS) is 27.1. The van der Waals surface area contributed by atoms with E-state index in [-0.39, 0.29) is 0 Å². The molecule has 1 fully saturated rings. The van der Waals surface area contributed by atoms with Crippen LogP contribution >= 0.6 is 0 Å². The van der Waals surface area contributed by atoms with Gasteiger partial charge in [-0.2, -0.15) is 39.5 Å². The van der Waals surface area contributed by atoms with Crippen LogP contribution in [0.1, 0.15) is 5.56 Å². The van der Waals surface area contributed by atoms with Crippen LogP contribution in [0.3, 0.4) is 0 Å². The van der Waals surface area contributed by atoms with E-state index in [4.69, 9.17) is 0 Å². The third-order valence-corrected chi connectivity index (χ3v) is 3.28. The Kier molecular flexibility index (Phi) is 4.03. The van der Waals surface area contributed by atoms with Crippen LogP contribution in [-0.2, 0) is 9.53 Å². The van der Waals surface area contributed by atoms with Crippen LogP contribution in [0.15, 0.2) is 18.3 Å². The average molecular weight is 382 g/mol. The molecule has 25 heavy (non-hydrogen) atoms. The SMILES string of the molecule is Cc1ccnc(NC(=O)C(F)(F)[C@]2(F)OC(F)(F)C(F)(F)C2(F)F)c1. The zero-order valence-corrected chi connectivity index (χ0v) is 11.9. The molecule has 1 aliphatic heterocycles. The number of nitrogens with one attached hydrogen (secondary N) is 1. The summed E-state index contributed by atoms with van der Waals surface area (Å²) in [5, 5.41) is 1.17. The van der Waals surface area contributed by atoms with Crippen molar-refractivity contribution in [1.29, 1.82) is 0 Å². The molecule has 13 heteroatoms. The van der Waals surface area contributed by atoms with Crippen molar-refractivity contribution in [3.63, 3.8) is 0 Å². The predicted octanol–water partition coefficient (Wildman–Crippen LogP) is 3.52. The van der Waals surface area contributed by atoms with Gasteiger partial charge in [0.25, 0.3) is 0 Å². The van der Waals surface area contributed by atoms with E-state index in [0.29, 0.717) is 5.56 Å². The molecule has 1 aromatic heterocycles. The van der Waals surface area contributed by atoms with Gasteiger partial charge in [0.05, 0.1) is 0 Å². The van der Waals surface area contributed by atoms with Crippen molar-refractivity contribution in [1.82, 2.24) is 4.98 Å². The van der Waals surface area contributed by atoms with Crippen molar-refractivity contribution in [2.24, 2.45) is 0 Å². The number of halogens is 9. The molecule has 1 N–H and O–H groups in total. The molecule has 0 aliphatic carbocycles. The lowest BCUT2D eigenvalue weighted by Crippen LogP contribution is -2.63. The Balaban J connectivity index is 2.42. The molecule has 1 aromatic rings. The Morgan fingerprint density at radius 1 is 1.12 bits per heavy atom. The number of rotatable bonds is 3. The highest BCUT2D eigenvalue weighted by Crippen LogP contribution is 2.64. The molecule has 1 aliphatic rings. The molecule has 0 aromatic carbocycles. The molecule has 0 bridgehead atoms. The van der Waals surface area contributed by atoms with Crippen LogP contribution in [-0.4, -0.2) is 40.6 Å². The van der Waals surface area contributed by atoms with Gasteiger partial charge in [0, 0.05) is 6.20 Å². The summed E-state index contributed by atoms with van der Waals surface area (Å²) in [6.45, 7) is 1.40. The van der Waals surface area contributed by atoms with Gasteiger partial charge in [-0.05, 0) is 24.6 Å². The summed E-state index contributed by atoms with van der Waals surface area (Å²) in [5.74, 6) is -29.4. The van der Waals surface area contributed by atoms with E-state index in [1.807, 2.05) is 0 Å². The van der Waals surface area contributed by atoms with Crippen LogP contribution in [0.2, 0.25) is 0 Å². The van der Waals surface area contributed by atoms with E-state index in [1.54, 1.807) is 0 Å². The highest BCUT2D eigenvalue weighted by molar-refractivity contribution is 5.96. The topological polar surface area (TPSA) is 51.2 Å². The van der Waals surface area contributed by atoms with Crippen molar-refractivity contribution in [3.8, 4) is 0 Å². The molecular formula is C12H7F9N2O2. The lowest BCUT2D eigenvalue weighted by atomic mass is 9.99. The first kappa shape index (κ1) is 19.3. The van der Waals surface area contributed by atoms with Crippen molar-refractivity contribution in [2.45, 2.75) is 36.7 Å². The molecule has 140 valence electrons. The molecule has 2 rings (SSSR count). The monoisotopic (exact) mass is 382 g/mol. The summed E-state index contributed by atoms with van der Waals surface area (Å²) in [7, 11) is 0. The minimum atomic E-state index is -6.72. The average Bonchev–Trinajstić information content (AvgIpc) is 2.54. The fourth-order valence-corrected chi connectivity index (χ4v) is 1.90. The number of aromatic nitrogens is 1. The molecule has 1 atom stereocenters. The third kappa shape index (κ3) is 2.43. The first-order valence-electron chi connectivity index (χ1n) is 6.24. The highest BCUT2D eigenvalue weighted by Gasteiger charge is 2.96. The second kappa shape index (κ2) is 5.22. The van der Waals surface area contributed by atoms with Gasteiger partial charge in [0.1, 0.15) is 5.82 Å². The highest BCUT2D eigenvalue weighted by atomic mass is 19.4. The molecule has 0 spiro atoms. The summed E-state index contributed by atoms with van der Waals surface area (Å²) in [5.41, 5.74) is 0.337. The molecule has 4 nitrogen and oxygen atoms in total. The second-order valence-corrected chi connectivity index (χ2v) is 5.11. The zero-order valence-electron chi connectivity index (χ0n) is 11.9. The summed E-state index contributed by atoms with van der Waals surface area (Å²) in [6.07, 6.45) is -5.30. The minimum Gasteiger partial charge on any atom is -0.305 e. The smallest absolute Gasteiger partial charge is 0.305 e. The van der Waals surface area contributed by atoms with Crippen LogP contribution in [0.5, 0.6) is 0 Å². The van der Waals surface area contributed by atoms with Crippen LogP contribution < -0.4 is 5.32 Å². The summed E-state index contributed by atoms with van der Waals surface area (Å²) < 4.78 is 122. The number of hydrogen-bond donors (Lipinski definition) is 1. The second-order valence-electron chi connectivity index (χ2n) is 5.11. The maximum absolute atomic E-state index is 13.9. The van der Waals surface area contributed by atoms with Crippen molar-refractivity contribution in [3.05, 3.63) is 23.9 Å². The van der Waals surface area contributed by atoms with Gasteiger partial charge in [-0.3, -0.25) is 9.53 Å². The number of nitrogens with zero attached hydrogens (tertiary/aromatic N) is 1. The van der Waals surface area contributed by atoms with Gasteiger partial charge in [-0.15, -0.1) is 0 Å². The van der Waals surface area contributed by atoms with Crippen molar-refractivity contribution in [2.75, 3.05) is 5.32 Å². The lowest BCUT2D eigenvalue weighted by molar-refractivity contribution is -0.366. The molecule has 2 heterocycles. The Morgan fingerprint density at radius 2 is 1.68 bits per heavy atom. The Bertz CT molecular complexity index is 710. The maximum atomic E-state index is 13.9. The molecule has 0 unspecified atom stereocenters. The maximum Gasteiger partial charge on any atom is 0.428 e. The fourth-order valence-electron chi connectivity index (χ4n) is 1.90. The van der Waals surface area contributed by atoms with E-state index in [9.17, 15) is 44.3 Å². The van der Waals surface area contributed by atoms with Gasteiger partial charge in [0.15, 0.2) is 0 Å². The molecular weight excluding hydrogens is 375 g/mol. The first-order valence-corrected chi connectivity index (χ1v) is 6.24. The molecule has 1 saturated heterocycles. The van der Waals surface area contributed by atoms with Crippen LogP contribution in [0.25, 0.3) is 0 Å². The Labute approximate surface area is 133 Å². The fraction of sp³-hybridized carbons (Fsp3) is 0.500. The minimum absolute atomic E-state index is 0.337. The number of aryl methyl sites for hydroxylation is 1. The Hall–Kier alpha value is -2.05. The molecule has 0 radical (unpaired) electrons. The van der Waals surface area contributed by atoms with Gasteiger partial charge in [-0.25, -0.2) is 4.98 Å². The lowest BCUT2D eigenvalue weighted by Gasteiger charge is -2.31. The van der Waals surface area contributed by atoms with Gasteiger partial charge >= 0.3 is 35.6 Å². The van der Waals surface area contributed by atoms with E-state index in [1.165, 1.54) is 18.3 Å². The summed E-state index contributed by atoms with van der Waals surface area (Å²) in [4.78, 5) is 14.7. The van der Waals surface area contributed by atoms with E-state index in [2.05, 4.69) is 9.72 Å². The van der Waals surface area contributed by atoms with Gasteiger partial charge < -0.3 is 5.32 Å². The van der Waals surface area contributed by atoms with E-state index in [0.717, 1.165) is 12.3 Å². The predicted molar refractivity (Wildman–Crippen MR) is 62.3 cm³/mol. The zero-order chi connectivity index (χ0) is 19.5. The number of pyridine rings is 1. The summed E-state index contributed by atoms with van der Waals surface area (Å²) >= 11 is 0. The number of hydrogen-bond acceptors (Lipinski definition) is 3. The third-order valence-electron chi connectivity index (χ3n) is 3.28. The van der Waals surface area contributed by atoms with Crippen molar-refractivity contribution >= 4 is 11.7 Å². The Morgan fingerprint density at radius 3 is 2.12 bits per heavy atom. The van der Waals surface area contributed by atoms with E-state index < -0.39 is 41.5 Å². The van der Waals surface area contributed by atoms with Crippen molar-refractivity contribution < 1.29 is 49.0 Å². The quantitative estimate of drug-likeness (QED) is 0.814. The van der Waals surface area contributed by atoms with E-state index >= 15 is 0 Å². The standard InChI is InChI=1S/C12H7F9N2O2/c1-5-2-3-22-6(4-5)23-7(24)8(13,14)11(19)9(15,16)10(17,18)12(20,21)25-11/h2-4H,1H3,(H,22,23,24)/t11-/m0/s1. The number of carbonyl (C=O) groups is 1. The number of anilines is 1. The van der Waals surface area contributed by atoms with Gasteiger partial charge in [-0.1, -0.05) is 0 Å².